The van der Waals surface area contributed by atoms with E-state index in [-0.39, 0.29) is 5.56 Å². The summed E-state index contributed by atoms with van der Waals surface area (Å²) >= 11 is 0. The van der Waals surface area contributed by atoms with Crippen molar-refractivity contribution in [3.8, 4) is 0 Å². The number of pyridine rings is 1. The first-order valence-electron chi connectivity index (χ1n) is 6.64. The zero-order valence-corrected chi connectivity index (χ0v) is 10.3. The summed E-state index contributed by atoms with van der Waals surface area (Å²) in [5, 5.41) is 12.4. The van der Waals surface area contributed by atoms with E-state index in [4.69, 9.17) is 5.11 Å². The highest BCUT2D eigenvalue weighted by atomic mass is 16.4. The van der Waals surface area contributed by atoms with Crippen LogP contribution in [0.1, 0.15) is 41.7 Å². The zero-order valence-electron chi connectivity index (χ0n) is 10.3. The molecule has 0 aliphatic heterocycles. The Labute approximate surface area is 106 Å². The Kier molecular flexibility index (Phi) is 3.04. The Morgan fingerprint density at radius 2 is 2.28 bits per heavy atom. The molecule has 0 spiro atoms. The minimum atomic E-state index is -0.921. The third-order valence-electron chi connectivity index (χ3n) is 4.36. The molecule has 4 heteroatoms. The average molecular weight is 246 g/mol. The summed E-state index contributed by atoms with van der Waals surface area (Å²) in [6, 6.07) is 4.06. The third-order valence-corrected chi connectivity index (χ3v) is 4.36. The number of carboxylic acids is 1. The second-order valence-electron chi connectivity index (χ2n) is 5.51. The van der Waals surface area contributed by atoms with Gasteiger partial charge in [-0.3, -0.25) is 4.98 Å². The van der Waals surface area contributed by atoms with Crippen LogP contribution in [0.25, 0.3) is 0 Å². The lowest BCUT2D eigenvalue weighted by Gasteiger charge is -2.22. The highest BCUT2D eigenvalue weighted by molar-refractivity contribution is 5.87. The Balaban J connectivity index is 1.55. The Hall–Kier alpha value is -1.42. The van der Waals surface area contributed by atoms with Crippen molar-refractivity contribution in [3.63, 3.8) is 0 Å². The monoisotopic (exact) mass is 246 g/mol. The predicted molar refractivity (Wildman–Crippen MR) is 67.3 cm³/mol. The molecule has 3 atom stereocenters. The van der Waals surface area contributed by atoms with Crippen molar-refractivity contribution in [2.45, 2.75) is 38.3 Å². The van der Waals surface area contributed by atoms with Gasteiger partial charge in [0.2, 0.25) is 0 Å². The molecule has 18 heavy (non-hydrogen) atoms. The average Bonchev–Trinajstić information content (AvgIpc) is 2.99. The fourth-order valence-electron chi connectivity index (χ4n) is 3.39. The van der Waals surface area contributed by atoms with Gasteiger partial charge in [0.1, 0.15) is 0 Å². The Morgan fingerprint density at radius 1 is 1.39 bits per heavy atom. The molecule has 0 amide bonds. The number of rotatable bonds is 4. The zero-order chi connectivity index (χ0) is 12.5. The van der Waals surface area contributed by atoms with E-state index in [1.54, 1.807) is 12.1 Å². The highest BCUT2D eigenvalue weighted by Crippen LogP contribution is 2.44. The van der Waals surface area contributed by atoms with Gasteiger partial charge in [-0.25, -0.2) is 4.79 Å². The van der Waals surface area contributed by atoms with E-state index in [9.17, 15) is 4.79 Å². The first-order chi connectivity index (χ1) is 8.72. The molecular formula is C14H18N2O2. The van der Waals surface area contributed by atoms with Gasteiger partial charge >= 0.3 is 5.97 Å². The van der Waals surface area contributed by atoms with Crippen molar-refractivity contribution < 1.29 is 9.90 Å². The van der Waals surface area contributed by atoms with Crippen LogP contribution in [0.4, 0.5) is 0 Å². The molecule has 2 saturated carbocycles. The molecule has 3 unspecified atom stereocenters. The molecule has 0 aromatic carbocycles. The topological polar surface area (TPSA) is 62.2 Å². The van der Waals surface area contributed by atoms with Gasteiger partial charge in [0, 0.05) is 18.8 Å². The van der Waals surface area contributed by atoms with E-state index >= 15 is 0 Å². The predicted octanol–water partition coefficient (Wildman–Crippen LogP) is 2.06. The first-order valence-corrected chi connectivity index (χ1v) is 6.64. The summed E-state index contributed by atoms with van der Waals surface area (Å²) in [6.07, 6.45) is 6.91. The number of aromatic nitrogens is 1. The molecule has 0 saturated heterocycles. The number of carboxylic acid groups (broad SMARTS) is 1. The summed E-state index contributed by atoms with van der Waals surface area (Å²) < 4.78 is 0. The summed E-state index contributed by atoms with van der Waals surface area (Å²) in [6.45, 7) is 0.744. The van der Waals surface area contributed by atoms with Crippen molar-refractivity contribution >= 4 is 5.97 Å². The molecule has 2 N–H and O–H groups in total. The van der Waals surface area contributed by atoms with Crippen LogP contribution in [0.15, 0.2) is 18.3 Å². The van der Waals surface area contributed by atoms with Crippen LogP contribution in [-0.2, 0) is 6.54 Å². The molecule has 3 rings (SSSR count). The molecule has 1 heterocycles. The van der Waals surface area contributed by atoms with Crippen LogP contribution in [0, 0.1) is 11.8 Å². The van der Waals surface area contributed by atoms with Crippen molar-refractivity contribution in [1.29, 1.82) is 0 Å². The van der Waals surface area contributed by atoms with Crippen molar-refractivity contribution in [2.24, 2.45) is 11.8 Å². The maximum Gasteiger partial charge on any atom is 0.337 e. The molecule has 2 bridgehead atoms. The van der Waals surface area contributed by atoms with E-state index in [1.165, 1.54) is 31.9 Å². The number of carbonyl (C=O) groups is 1. The van der Waals surface area contributed by atoms with Gasteiger partial charge in [-0.15, -0.1) is 0 Å². The summed E-state index contributed by atoms with van der Waals surface area (Å²) in [4.78, 5) is 14.9. The fourth-order valence-corrected chi connectivity index (χ4v) is 3.39. The maximum absolute atomic E-state index is 10.7. The van der Waals surface area contributed by atoms with E-state index < -0.39 is 5.97 Å². The highest BCUT2D eigenvalue weighted by Gasteiger charge is 2.38. The van der Waals surface area contributed by atoms with Gasteiger partial charge in [0.25, 0.3) is 0 Å². The quantitative estimate of drug-likeness (QED) is 0.853. The van der Waals surface area contributed by atoms with Crippen molar-refractivity contribution in [1.82, 2.24) is 10.3 Å². The molecular weight excluding hydrogens is 228 g/mol. The number of fused-ring (bicyclic) bond motifs is 2. The molecule has 1 aromatic heterocycles. The molecule has 2 aliphatic rings. The molecule has 96 valence electrons. The summed E-state index contributed by atoms with van der Waals surface area (Å²) in [5.41, 5.74) is 1.17. The van der Waals surface area contributed by atoms with Crippen molar-refractivity contribution in [3.05, 3.63) is 29.6 Å². The van der Waals surface area contributed by atoms with Gasteiger partial charge < -0.3 is 10.4 Å². The molecule has 4 nitrogen and oxygen atoms in total. The lowest BCUT2D eigenvalue weighted by Crippen LogP contribution is -2.33. The standard InChI is InChI=1S/C14H18N2O2/c17-14(18)11-3-4-12(15-7-11)8-16-13-6-9-1-2-10(13)5-9/h3-4,7,9-10,13,16H,1-2,5-6,8H2,(H,17,18). The second-order valence-corrected chi connectivity index (χ2v) is 5.51. The number of hydrogen-bond donors (Lipinski definition) is 2. The SMILES string of the molecule is O=C(O)c1ccc(CNC2CC3CCC2C3)nc1. The van der Waals surface area contributed by atoms with Crippen LogP contribution in [0.3, 0.4) is 0 Å². The van der Waals surface area contributed by atoms with E-state index in [2.05, 4.69) is 10.3 Å². The van der Waals surface area contributed by atoms with Crippen LogP contribution >= 0.6 is 0 Å². The molecule has 0 radical (unpaired) electrons. The van der Waals surface area contributed by atoms with Crippen LogP contribution < -0.4 is 5.32 Å². The van der Waals surface area contributed by atoms with Gasteiger partial charge in [-0.1, -0.05) is 6.42 Å². The minimum Gasteiger partial charge on any atom is -0.478 e. The normalized spacial score (nSPS) is 29.7. The van der Waals surface area contributed by atoms with E-state index in [0.717, 1.165) is 24.1 Å². The van der Waals surface area contributed by atoms with Crippen LogP contribution in [-0.4, -0.2) is 22.1 Å². The lowest BCUT2D eigenvalue weighted by molar-refractivity contribution is 0.0696. The van der Waals surface area contributed by atoms with Gasteiger partial charge in [0.05, 0.1) is 11.3 Å². The van der Waals surface area contributed by atoms with Gasteiger partial charge in [0.15, 0.2) is 0 Å². The third kappa shape index (κ3) is 2.25. The lowest BCUT2D eigenvalue weighted by atomic mass is 9.95. The molecule has 2 fully saturated rings. The smallest absolute Gasteiger partial charge is 0.337 e. The van der Waals surface area contributed by atoms with Crippen LogP contribution in [0.2, 0.25) is 0 Å². The van der Waals surface area contributed by atoms with Gasteiger partial charge in [-0.05, 0) is 43.2 Å². The second kappa shape index (κ2) is 4.69. The number of nitrogens with one attached hydrogen (secondary N) is 1. The first kappa shape index (κ1) is 11.7. The summed E-state index contributed by atoms with van der Waals surface area (Å²) in [5.74, 6) is 0.873. The Bertz CT molecular complexity index is 444. The number of aromatic carboxylic acids is 1. The molecule has 1 aromatic rings. The van der Waals surface area contributed by atoms with Gasteiger partial charge in [-0.2, -0.15) is 0 Å². The largest absolute Gasteiger partial charge is 0.478 e. The maximum atomic E-state index is 10.7. The molecule has 2 aliphatic carbocycles. The van der Waals surface area contributed by atoms with Crippen molar-refractivity contribution in [2.75, 3.05) is 0 Å². The number of nitrogens with zero attached hydrogens (tertiary/aromatic N) is 1. The van der Waals surface area contributed by atoms with E-state index in [0.29, 0.717) is 6.04 Å². The summed E-state index contributed by atoms with van der Waals surface area (Å²) in [7, 11) is 0. The minimum absolute atomic E-state index is 0.249. The Morgan fingerprint density at radius 3 is 2.83 bits per heavy atom. The van der Waals surface area contributed by atoms with Crippen LogP contribution in [0.5, 0.6) is 0 Å². The number of hydrogen-bond acceptors (Lipinski definition) is 3. The fraction of sp³-hybridized carbons (Fsp3) is 0.571. The van der Waals surface area contributed by atoms with E-state index in [1.807, 2.05) is 0 Å².